The summed E-state index contributed by atoms with van der Waals surface area (Å²) >= 11 is 0. The van der Waals surface area contributed by atoms with Crippen LogP contribution >= 0.6 is 0 Å². The van der Waals surface area contributed by atoms with E-state index in [0.717, 1.165) is 51.2 Å². The molecule has 2 amide bonds. The fourth-order valence-electron chi connectivity index (χ4n) is 4.05. The van der Waals surface area contributed by atoms with Crippen molar-refractivity contribution in [1.29, 1.82) is 0 Å². The third-order valence-corrected chi connectivity index (χ3v) is 5.63. The number of benzene rings is 1. The molecule has 1 saturated carbocycles. The normalized spacial score (nSPS) is 17.8. The van der Waals surface area contributed by atoms with Gasteiger partial charge in [0.25, 0.3) is 11.8 Å². The molecule has 1 heterocycles. The standard InChI is InChI=1S/C22H31NO3/c24-21-19-13-7-8-14-20(19)22(25)23(21)15-9-2-1-3-10-16-26-17-18-11-5-4-6-12-18/h7-8,13-14,18H,1-6,9-12,15-17H2. The third kappa shape index (κ3) is 4.94. The second kappa shape index (κ2) is 9.86. The summed E-state index contributed by atoms with van der Waals surface area (Å²) in [5.74, 6) is 0.520. The van der Waals surface area contributed by atoms with E-state index < -0.39 is 0 Å². The smallest absolute Gasteiger partial charge is 0.261 e. The minimum atomic E-state index is -0.137. The summed E-state index contributed by atoms with van der Waals surface area (Å²) in [6.45, 7) is 2.35. The molecule has 26 heavy (non-hydrogen) atoms. The lowest BCUT2D eigenvalue weighted by atomic mass is 9.90. The van der Waals surface area contributed by atoms with Crippen molar-refractivity contribution < 1.29 is 14.3 Å². The number of carbonyl (C=O) groups is 2. The molecular weight excluding hydrogens is 326 g/mol. The summed E-state index contributed by atoms with van der Waals surface area (Å²) in [5.41, 5.74) is 1.10. The number of amides is 2. The van der Waals surface area contributed by atoms with Crippen LogP contribution in [0.2, 0.25) is 0 Å². The molecule has 1 aromatic rings. The molecule has 0 radical (unpaired) electrons. The number of imide groups is 1. The fourth-order valence-corrected chi connectivity index (χ4v) is 4.05. The molecule has 1 aromatic carbocycles. The molecule has 4 nitrogen and oxygen atoms in total. The summed E-state index contributed by atoms with van der Waals surface area (Å²) < 4.78 is 5.83. The van der Waals surface area contributed by atoms with Crippen LogP contribution in [-0.2, 0) is 4.74 Å². The molecular formula is C22H31NO3. The second-order valence-corrected chi connectivity index (χ2v) is 7.65. The van der Waals surface area contributed by atoms with Gasteiger partial charge in [0.05, 0.1) is 11.1 Å². The van der Waals surface area contributed by atoms with Crippen LogP contribution in [0.25, 0.3) is 0 Å². The molecule has 0 unspecified atom stereocenters. The van der Waals surface area contributed by atoms with Gasteiger partial charge in [-0.2, -0.15) is 0 Å². The lowest BCUT2D eigenvalue weighted by Gasteiger charge is -2.21. The molecule has 4 heteroatoms. The molecule has 1 aliphatic heterocycles. The van der Waals surface area contributed by atoms with Crippen molar-refractivity contribution in [1.82, 2.24) is 4.90 Å². The number of unbranched alkanes of at least 4 members (excludes halogenated alkanes) is 4. The zero-order chi connectivity index (χ0) is 18.2. The van der Waals surface area contributed by atoms with Gasteiger partial charge in [-0.05, 0) is 43.7 Å². The van der Waals surface area contributed by atoms with Gasteiger partial charge < -0.3 is 4.74 Å². The van der Waals surface area contributed by atoms with Crippen molar-refractivity contribution in [3.05, 3.63) is 35.4 Å². The van der Waals surface area contributed by atoms with E-state index in [0.29, 0.717) is 17.7 Å². The first-order valence-electron chi connectivity index (χ1n) is 10.3. The van der Waals surface area contributed by atoms with E-state index in [-0.39, 0.29) is 11.8 Å². The SMILES string of the molecule is O=C1c2ccccc2C(=O)N1CCCCCCCOCC1CCCCC1. The van der Waals surface area contributed by atoms with E-state index in [9.17, 15) is 9.59 Å². The lowest BCUT2D eigenvalue weighted by Crippen LogP contribution is -2.30. The molecule has 0 saturated heterocycles. The maximum atomic E-state index is 12.3. The first-order valence-corrected chi connectivity index (χ1v) is 10.3. The van der Waals surface area contributed by atoms with Crippen LogP contribution in [0.5, 0.6) is 0 Å². The third-order valence-electron chi connectivity index (χ3n) is 5.63. The summed E-state index contributed by atoms with van der Waals surface area (Å²) in [5, 5.41) is 0. The average Bonchev–Trinajstić information content (AvgIpc) is 2.92. The number of hydrogen-bond acceptors (Lipinski definition) is 3. The van der Waals surface area contributed by atoms with Crippen molar-refractivity contribution in [2.75, 3.05) is 19.8 Å². The Bertz CT molecular complexity index is 572. The highest BCUT2D eigenvalue weighted by atomic mass is 16.5. The maximum Gasteiger partial charge on any atom is 0.261 e. The van der Waals surface area contributed by atoms with Crippen LogP contribution in [-0.4, -0.2) is 36.5 Å². The number of rotatable bonds is 10. The lowest BCUT2D eigenvalue weighted by molar-refractivity contribution is 0.0651. The van der Waals surface area contributed by atoms with Crippen molar-refractivity contribution in [2.45, 2.75) is 64.2 Å². The fraction of sp³-hybridized carbons (Fsp3) is 0.636. The minimum absolute atomic E-state index is 0.137. The maximum absolute atomic E-state index is 12.3. The Hall–Kier alpha value is -1.68. The van der Waals surface area contributed by atoms with Gasteiger partial charge in [0.2, 0.25) is 0 Å². The molecule has 0 atom stereocenters. The molecule has 1 fully saturated rings. The van der Waals surface area contributed by atoms with Crippen LogP contribution in [0.4, 0.5) is 0 Å². The van der Waals surface area contributed by atoms with Gasteiger partial charge in [0, 0.05) is 19.8 Å². The van der Waals surface area contributed by atoms with Crippen LogP contribution < -0.4 is 0 Å². The van der Waals surface area contributed by atoms with Gasteiger partial charge in [-0.15, -0.1) is 0 Å². The molecule has 3 rings (SSSR count). The Labute approximate surface area is 156 Å². The molecule has 0 bridgehead atoms. The molecule has 1 aliphatic carbocycles. The van der Waals surface area contributed by atoms with E-state index in [1.165, 1.54) is 37.0 Å². The molecule has 2 aliphatic rings. The quantitative estimate of drug-likeness (QED) is 0.445. The van der Waals surface area contributed by atoms with Crippen LogP contribution in [0.1, 0.15) is 84.9 Å². The Morgan fingerprint density at radius 2 is 1.46 bits per heavy atom. The van der Waals surface area contributed by atoms with Crippen molar-refractivity contribution >= 4 is 11.8 Å². The van der Waals surface area contributed by atoms with Crippen LogP contribution in [0.15, 0.2) is 24.3 Å². The van der Waals surface area contributed by atoms with Crippen molar-refractivity contribution in [3.8, 4) is 0 Å². The Morgan fingerprint density at radius 1 is 0.846 bits per heavy atom. The van der Waals surface area contributed by atoms with Gasteiger partial charge in [0.1, 0.15) is 0 Å². The first-order chi connectivity index (χ1) is 12.8. The zero-order valence-electron chi connectivity index (χ0n) is 15.8. The Balaban J connectivity index is 1.22. The zero-order valence-corrected chi connectivity index (χ0v) is 15.8. The molecule has 0 spiro atoms. The number of ether oxygens (including phenoxy) is 1. The van der Waals surface area contributed by atoms with Gasteiger partial charge in [-0.3, -0.25) is 14.5 Å². The second-order valence-electron chi connectivity index (χ2n) is 7.65. The minimum Gasteiger partial charge on any atom is -0.381 e. The number of carbonyl (C=O) groups excluding carboxylic acids is 2. The highest BCUT2D eigenvalue weighted by molar-refractivity contribution is 6.21. The number of fused-ring (bicyclic) bond motifs is 1. The van der Waals surface area contributed by atoms with Gasteiger partial charge >= 0.3 is 0 Å². The summed E-state index contributed by atoms with van der Waals surface area (Å²) in [6.07, 6.45) is 12.2. The van der Waals surface area contributed by atoms with Gasteiger partial charge in [-0.1, -0.05) is 50.7 Å². The predicted molar refractivity (Wildman–Crippen MR) is 102 cm³/mol. The van der Waals surface area contributed by atoms with E-state index in [2.05, 4.69) is 0 Å². The summed E-state index contributed by atoms with van der Waals surface area (Å²) in [7, 11) is 0. The molecule has 142 valence electrons. The van der Waals surface area contributed by atoms with E-state index in [1.54, 1.807) is 12.1 Å². The van der Waals surface area contributed by atoms with Gasteiger partial charge in [-0.25, -0.2) is 0 Å². The predicted octanol–water partition coefficient (Wildman–Crippen LogP) is 4.83. The van der Waals surface area contributed by atoms with E-state index >= 15 is 0 Å². The largest absolute Gasteiger partial charge is 0.381 e. The number of nitrogens with zero attached hydrogens (tertiary/aromatic N) is 1. The Morgan fingerprint density at radius 3 is 2.15 bits per heavy atom. The van der Waals surface area contributed by atoms with Gasteiger partial charge in [0.15, 0.2) is 0 Å². The first kappa shape index (κ1) is 19.1. The highest BCUT2D eigenvalue weighted by Crippen LogP contribution is 2.24. The van der Waals surface area contributed by atoms with Crippen LogP contribution in [0.3, 0.4) is 0 Å². The Kier molecular flexibility index (Phi) is 7.24. The number of hydrogen-bond donors (Lipinski definition) is 0. The summed E-state index contributed by atoms with van der Waals surface area (Å²) in [6, 6.07) is 7.10. The monoisotopic (exact) mass is 357 g/mol. The van der Waals surface area contributed by atoms with Crippen molar-refractivity contribution in [2.24, 2.45) is 5.92 Å². The molecule has 0 aromatic heterocycles. The highest BCUT2D eigenvalue weighted by Gasteiger charge is 2.34. The van der Waals surface area contributed by atoms with Crippen molar-refractivity contribution in [3.63, 3.8) is 0 Å². The van der Waals surface area contributed by atoms with E-state index in [4.69, 9.17) is 4.74 Å². The summed E-state index contributed by atoms with van der Waals surface area (Å²) in [4.78, 5) is 25.9. The average molecular weight is 357 g/mol. The van der Waals surface area contributed by atoms with Crippen LogP contribution in [0, 0.1) is 5.92 Å². The van der Waals surface area contributed by atoms with E-state index in [1.807, 2.05) is 12.1 Å². The molecule has 0 N–H and O–H groups in total. The topological polar surface area (TPSA) is 46.6 Å².